The van der Waals surface area contributed by atoms with Gasteiger partial charge in [-0.25, -0.2) is 9.78 Å². The maximum Gasteiger partial charge on any atom is 0.132 e. The minimum Gasteiger partial charge on any atom is -0.412 e. The second kappa shape index (κ2) is 32.3. The van der Waals surface area contributed by atoms with Gasteiger partial charge in [-0.15, -0.1) is 0 Å². The number of Topliss-reactive ketones (excluding diaryl/α,β-unsaturated/α-hetero) is 1. The molecular formula is C36H72O8. The van der Waals surface area contributed by atoms with Crippen molar-refractivity contribution in [2.75, 3.05) is 0 Å². The molecule has 6 aliphatic rings. The summed E-state index contributed by atoms with van der Waals surface area (Å²) >= 11 is 0. The van der Waals surface area contributed by atoms with Crippen molar-refractivity contribution in [1.82, 2.24) is 0 Å². The molecule has 0 aromatic rings. The second-order valence-electron chi connectivity index (χ2n) is 13.5. The standard InChI is InChI=1S/2C6H12O2.2C6H12O.C6H10O.C6H12.H2O/c2*7-8-6-4-2-1-3-5-6;3*7-6-4-2-1-3-5-6;1-2-4-6-5-3-1;/h2*6-7H,1-5H2;2*6-7H,1-5H2;1-5H2;1-6H2;1H2. The van der Waals surface area contributed by atoms with Gasteiger partial charge in [0.2, 0.25) is 0 Å². The van der Waals surface area contributed by atoms with Gasteiger partial charge in [0.05, 0.1) is 24.4 Å². The predicted molar refractivity (Wildman–Crippen MR) is 179 cm³/mol. The monoisotopic (exact) mass is 633 g/mol. The Balaban J connectivity index is 0.000000503. The molecule has 44 heavy (non-hydrogen) atoms. The highest BCUT2D eigenvalue weighted by Crippen LogP contribution is 2.20. The van der Waals surface area contributed by atoms with Crippen LogP contribution in [-0.4, -0.2) is 56.4 Å². The Kier molecular flexibility index (Phi) is 31.9. The third-order valence-corrected chi connectivity index (χ3v) is 9.46. The van der Waals surface area contributed by atoms with Crippen molar-refractivity contribution in [1.29, 1.82) is 0 Å². The fraction of sp³-hybridized carbons (Fsp3) is 0.972. The highest BCUT2D eigenvalue weighted by molar-refractivity contribution is 5.78. The van der Waals surface area contributed by atoms with Crippen LogP contribution < -0.4 is 0 Å². The Morgan fingerprint density at radius 1 is 0.386 bits per heavy atom. The van der Waals surface area contributed by atoms with Gasteiger partial charge in [-0.3, -0.25) is 15.3 Å². The summed E-state index contributed by atoms with van der Waals surface area (Å²) in [6.07, 6.45) is 38.0. The van der Waals surface area contributed by atoms with E-state index in [0.29, 0.717) is 5.78 Å². The molecule has 0 amide bonds. The number of carbonyl (C=O) groups is 1. The first kappa shape index (κ1) is 43.4. The van der Waals surface area contributed by atoms with Crippen molar-refractivity contribution in [3.8, 4) is 0 Å². The summed E-state index contributed by atoms with van der Waals surface area (Å²) in [7, 11) is 0. The molecule has 6 rings (SSSR count). The van der Waals surface area contributed by atoms with E-state index in [1.807, 2.05) is 0 Å². The van der Waals surface area contributed by atoms with Crippen molar-refractivity contribution in [3.63, 3.8) is 0 Å². The zero-order valence-corrected chi connectivity index (χ0v) is 28.2. The first-order chi connectivity index (χ1) is 21.0. The highest BCUT2D eigenvalue weighted by atomic mass is 17.1. The van der Waals surface area contributed by atoms with Crippen LogP contribution in [0, 0.1) is 0 Å². The van der Waals surface area contributed by atoms with Gasteiger partial charge in [-0.1, -0.05) is 122 Å². The summed E-state index contributed by atoms with van der Waals surface area (Å²) in [6, 6.07) is 0. The maximum absolute atomic E-state index is 10.5. The summed E-state index contributed by atoms with van der Waals surface area (Å²) in [4.78, 5) is 18.8. The Morgan fingerprint density at radius 3 is 0.773 bits per heavy atom. The molecule has 0 aromatic heterocycles. The lowest BCUT2D eigenvalue weighted by Gasteiger charge is -2.17. The molecule has 0 bridgehead atoms. The molecule has 0 unspecified atom stereocenters. The Bertz CT molecular complexity index is 523. The van der Waals surface area contributed by atoms with Gasteiger partial charge in [-0.2, -0.15) is 0 Å². The molecule has 6 saturated carbocycles. The zero-order valence-electron chi connectivity index (χ0n) is 28.2. The summed E-state index contributed by atoms with van der Waals surface area (Å²) in [6.45, 7) is 0. The molecule has 8 heteroatoms. The number of ketones is 1. The molecule has 0 radical (unpaired) electrons. The van der Waals surface area contributed by atoms with Crippen LogP contribution in [0.2, 0.25) is 0 Å². The van der Waals surface area contributed by atoms with E-state index in [9.17, 15) is 4.79 Å². The van der Waals surface area contributed by atoms with Gasteiger partial charge < -0.3 is 15.7 Å². The fourth-order valence-electron chi connectivity index (χ4n) is 6.51. The van der Waals surface area contributed by atoms with E-state index < -0.39 is 0 Å². The molecule has 0 aromatic carbocycles. The Labute approximate surface area is 269 Å². The average Bonchev–Trinajstić information content (AvgIpc) is 3.09. The van der Waals surface area contributed by atoms with E-state index in [4.69, 9.17) is 20.7 Å². The minimum atomic E-state index is 0. The molecule has 264 valence electrons. The lowest BCUT2D eigenvalue weighted by Crippen LogP contribution is -2.14. The zero-order chi connectivity index (χ0) is 31.2. The van der Waals surface area contributed by atoms with E-state index in [1.165, 1.54) is 122 Å². The lowest BCUT2D eigenvalue weighted by atomic mass is 9.98. The summed E-state index contributed by atoms with van der Waals surface area (Å²) in [5, 5.41) is 34.2. The summed E-state index contributed by atoms with van der Waals surface area (Å²) < 4.78 is 0. The number of carbonyl (C=O) groups excluding carboxylic acids is 1. The minimum absolute atomic E-state index is 0. The fourth-order valence-corrected chi connectivity index (χ4v) is 6.51. The highest BCUT2D eigenvalue weighted by Gasteiger charge is 2.13. The summed E-state index contributed by atoms with van der Waals surface area (Å²) in [5.74, 6) is 0.464. The first-order valence-electron chi connectivity index (χ1n) is 18.5. The van der Waals surface area contributed by atoms with Crippen molar-refractivity contribution in [2.24, 2.45) is 0 Å². The van der Waals surface area contributed by atoms with Crippen molar-refractivity contribution >= 4 is 5.78 Å². The van der Waals surface area contributed by atoms with E-state index >= 15 is 0 Å². The molecule has 6 fully saturated rings. The van der Waals surface area contributed by atoms with Crippen LogP contribution in [0.15, 0.2) is 0 Å². The van der Waals surface area contributed by atoms with Gasteiger partial charge in [0.15, 0.2) is 0 Å². The lowest BCUT2D eigenvalue weighted by molar-refractivity contribution is -0.283. The van der Waals surface area contributed by atoms with Crippen LogP contribution in [0.5, 0.6) is 0 Å². The second-order valence-corrected chi connectivity index (χ2v) is 13.5. The normalized spacial score (nSPS) is 23.5. The molecule has 6 N–H and O–H groups in total. The first-order valence-corrected chi connectivity index (χ1v) is 18.5. The molecule has 6 aliphatic carbocycles. The number of rotatable bonds is 2. The van der Waals surface area contributed by atoms with Crippen LogP contribution in [0.3, 0.4) is 0 Å². The smallest absolute Gasteiger partial charge is 0.132 e. The number of hydrogen-bond acceptors (Lipinski definition) is 7. The van der Waals surface area contributed by atoms with Crippen LogP contribution in [-0.2, 0) is 14.6 Å². The van der Waals surface area contributed by atoms with Gasteiger partial charge in [0.1, 0.15) is 5.78 Å². The van der Waals surface area contributed by atoms with Gasteiger partial charge >= 0.3 is 0 Å². The number of aliphatic hydroxyl groups excluding tert-OH is 2. The topological polar surface area (TPSA) is 148 Å². The van der Waals surface area contributed by atoms with Gasteiger partial charge in [0.25, 0.3) is 0 Å². The van der Waals surface area contributed by atoms with Crippen LogP contribution in [0.25, 0.3) is 0 Å². The molecule has 0 aliphatic heterocycles. The molecule has 0 atom stereocenters. The largest absolute Gasteiger partial charge is 0.412 e. The average molecular weight is 633 g/mol. The van der Waals surface area contributed by atoms with E-state index in [-0.39, 0.29) is 29.9 Å². The van der Waals surface area contributed by atoms with E-state index in [1.54, 1.807) is 0 Å². The molecule has 0 saturated heterocycles. The van der Waals surface area contributed by atoms with Crippen molar-refractivity contribution in [3.05, 3.63) is 0 Å². The van der Waals surface area contributed by atoms with Gasteiger partial charge in [-0.05, 0) is 64.2 Å². The van der Waals surface area contributed by atoms with Crippen LogP contribution >= 0.6 is 0 Å². The SMILES string of the molecule is C1CCCCC1.O.O=C1CCCCC1.OC1CCCCC1.OC1CCCCC1.OOC1CCCCC1.OOC1CCCCC1. The third kappa shape index (κ3) is 27.7. The quantitative estimate of drug-likeness (QED) is 0.175. The molecular weight excluding hydrogens is 560 g/mol. The Morgan fingerprint density at radius 2 is 0.614 bits per heavy atom. The van der Waals surface area contributed by atoms with Crippen molar-refractivity contribution in [2.45, 2.75) is 223 Å². The van der Waals surface area contributed by atoms with E-state index in [0.717, 1.165) is 77.0 Å². The maximum atomic E-state index is 10.5. The van der Waals surface area contributed by atoms with Crippen LogP contribution in [0.1, 0.15) is 199 Å². The molecule has 0 spiro atoms. The van der Waals surface area contributed by atoms with Crippen LogP contribution in [0.4, 0.5) is 0 Å². The predicted octanol–water partition coefficient (Wildman–Crippen LogP) is 9.28. The number of hydrogen-bond donors (Lipinski definition) is 4. The van der Waals surface area contributed by atoms with Crippen molar-refractivity contribution < 1.29 is 40.8 Å². The summed E-state index contributed by atoms with van der Waals surface area (Å²) in [5.41, 5.74) is 0. The van der Waals surface area contributed by atoms with Gasteiger partial charge in [0, 0.05) is 12.8 Å². The third-order valence-electron chi connectivity index (χ3n) is 9.46. The number of aliphatic hydroxyl groups is 2. The van der Waals surface area contributed by atoms with E-state index in [2.05, 4.69) is 9.78 Å². The Hall–Kier alpha value is -0.610. The molecule has 0 heterocycles. The molecule has 8 nitrogen and oxygen atoms in total.